The Balaban J connectivity index is 1.24. The second-order valence-electron chi connectivity index (χ2n) is 8.11. The van der Waals surface area contributed by atoms with Gasteiger partial charge in [-0.25, -0.2) is 4.39 Å². The van der Waals surface area contributed by atoms with Crippen LogP contribution in [-0.2, 0) is 0 Å². The summed E-state index contributed by atoms with van der Waals surface area (Å²) in [6, 6.07) is 10.1. The van der Waals surface area contributed by atoms with Crippen molar-refractivity contribution in [2.75, 3.05) is 33.4 Å². The van der Waals surface area contributed by atoms with Crippen molar-refractivity contribution in [3.63, 3.8) is 0 Å². The van der Waals surface area contributed by atoms with Crippen LogP contribution in [0.1, 0.15) is 49.5 Å². The normalized spacial score (nSPS) is 16.5. The summed E-state index contributed by atoms with van der Waals surface area (Å²) < 4.78 is 30.0. The highest BCUT2D eigenvalue weighted by Gasteiger charge is 2.25. The first kappa shape index (κ1) is 21.6. The van der Waals surface area contributed by atoms with Gasteiger partial charge in [0, 0.05) is 23.9 Å². The lowest BCUT2D eigenvalue weighted by molar-refractivity contribution is 0.188. The predicted molar refractivity (Wildman–Crippen MR) is 116 cm³/mol. The third kappa shape index (κ3) is 4.99. The van der Waals surface area contributed by atoms with E-state index in [1.165, 1.54) is 12.1 Å². The summed E-state index contributed by atoms with van der Waals surface area (Å²) in [7, 11) is 1.60. The molecule has 1 aliphatic heterocycles. The Labute approximate surface area is 181 Å². The number of methoxy groups -OCH3 is 1. The largest absolute Gasteiger partial charge is 0.493 e. The summed E-state index contributed by atoms with van der Waals surface area (Å²) in [6.07, 6.45) is 2.39. The molecule has 0 amide bonds. The Morgan fingerprint density at radius 3 is 2.74 bits per heavy atom. The number of nitrogens with zero attached hydrogens (tertiary/aromatic N) is 2. The average molecular weight is 429 g/mol. The van der Waals surface area contributed by atoms with Gasteiger partial charge in [0.15, 0.2) is 17.1 Å². The third-order valence-electron chi connectivity index (χ3n) is 5.98. The number of hydrogen-bond acceptors (Lipinski definition) is 6. The van der Waals surface area contributed by atoms with Crippen LogP contribution < -0.4 is 9.47 Å². The number of rotatable bonds is 8. The fourth-order valence-electron chi connectivity index (χ4n) is 4.19. The Bertz CT molecular complexity index is 1010. The molecule has 1 saturated heterocycles. The van der Waals surface area contributed by atoms with Crippen LogP contribution in [0.5, 0.6) is 11.5 Å². The minimum Gasteiger partial charge on any atom is -0.493 e. The first-order chi connectivity index (χ1) is 15.0. The highest BCUT2D eigenvalue weighted by molar-refractivity contribution is 5.79. The van der Waals surface area contributed by atoms with Crippen molar-refractivity contribution in [1.29, 1.82) is 0 Å². The molecule has 4 rings (SSSR count). The van der Waals surface area contributed by atoms with Gasteiger partial charge in [0.05, 0.1) is 25.5 Å². The molecule has 3 aromatic rings. The molecular weight excluding hydrogens is 399 g/mol. The molecule has 0 bridgehead atoms. The average Bonchev–Trinajstić information content (AvgIpc) is 3.20. The van der Waals surface area contributed by atoms with E-state index in [1.807, 2.05) is 18.2 Å². The number of hydrogen-bond donors (Lipinski definition) is 1. The molecule has 0 aliphatic carbocycles. The van der Waals surface area contributed by atoms with Gasteiger partial charge in [0.2, 0.25) is 0 Å². The number of halogens is 1. The number of ether oxygens (including phenoxy) is 2. The monoisotopic (exact) mass is 428 g/mol. The van der Waals surface area contributed by atoms with Crippen molar-refractivity contribution in [3.8, 4) is 11.5 Å². The molecule has 1 N–H and O–H groups in total. The van der Waals surface area contributed by atoms with Crippen molar-refractivity contribution >= 4 is 11.0 Å². The highest BCUT2D eigenvalue weighted by Crippen LogP contribution is 2.33. The molecule has 7 heteroatoms. The number of aliphatic hydroxyl groups excluding tert-OH is 1. The van der Waals surface area contributed by atoms with Crippen LogP contribution in [0.3, 0.4) is 0 Å². The maximum Gasteiger partial charge on any atom is 0.170 e. The molecule has 6 nitrogen and oxygen atoms in total. The summed E-state index contributed by atoms with van der Waals surface area (Å²) in [5.41, 5.74) is 2.27. The zero-order valence-electron chi connectivity index (χ0n) is 18.0. The summed E-state index contributed by atoms with van der Waals surface area (Å²) >= 11 is 0. The topological polar surface area (TPSA) is 68.0 Å². The van der Waals surface area contributed by atoms with E-state index in [4.69, 9.17) is 14.0 Å². The predicted octanol–water partition coefficient (Wildman–Crippen LogP) is 4.68. The molecule has 2 heterocycles. The van der Waals surface area contributed by atoms with Crippen LogP contribution in [0, 0.1) is 5.82 Å². The Morgan fingerprint density at radius 1 is 1.19 bits per heavy atom. The second kappa shape index (κ2) is 9.66. The maximum absolute atomic E-state index is 13.4. The van der Waals surface area contributed by atoms with Gasteiger partial charge >= 0.3 is 0 Å². The van der Waals surface area contributed by atoms with Gasteiger partial charge in [0.25, 0.3) is 0 Å². The van der Waals surface area contributed by atoms with Gasteiger partial charge in [-0.2, -0.15) is 0 Å². The molecule has 1 aliphatic rings. The molecule has 1 fully saturated rings. The Morgan fingerprint density at radius 2 is 2.00 bits per heavy atom. The van der Waals surface area contributed by atoms with Crippen molar-refractivity contribution < 1.29 is 23.5 Å². The van der Waals surface area contributed by atoms with E-state index in [2.05, 4.69) is 10.1 Å². The molecule has 1 atom stereocenters. The first-order valence-electron chi connectivity index (χ1n) is 10.8. The van der Waals surface area contributed by atoms with Gasteiger partial charge in [-0.3, -0.25) is 0 Å². The zero-order valence-corrected chi connectivity index (χ0v) is 18.0. The lowest BCUT2D eigenvalue weighted by Crippen LogP contribution is -2.34. The molecular formula is C24H29FN2O4. The summed E-state index contributed by atoms with van der Waals surface area (Å²) in [4.78, 5) is 2.44. The minimum absolute atomic E-state index is 0.302. The number of fused-ring (bicyclic) bond motifs is 1. The van der Waals surface area contributed by atoms with E-state index in [1.54, 1.807) is 20.1 Å². The maximum atomic E-state index is 13.4. The minimum atomic E-state index is -0.540. The van der Waals surface area contributed by atoms with Crippen molar-refractivity contribution in [1.82, 2.24) is 10.1 Å². The standard InChI is InChI=1S/C24H29FN2O4/c1-16(28)18-4-7-21(23(14-18)29-2)30-13-3-10-27-11-8-17(9-12-27)24-20-6-5-19(25)15-22(20)31-26-24/h4-7,14-17,28H,3,8-13H2,1-2H3. The van der Waals surface area contributed by atoms with E-state index in [0.29, 0.717) is 29.6 Å². The zero-order chi connectivity index (χ0) is 21.8. The lowest BCUT2D eigenvalue weighted by Gasteiger charge is -2.31. The van der Waals surface area contributed by atoms with Crippen LogP contribution in [0.4, 0.5) is 4.39 Å². The molecule has 1 unspecified atom stereocenters. The highest BCUT2D eigenvalue weighted by atomic mass is 19.1. The molecule has 0 saturated carbocycles. The molecule has 1 aromatic heterocycles. The Kier molecular flexibility index (Phi) is 6.73. The van der Waals surface area contributed by atoms with E-state index in [-0.39, 0.29) is 5.82 Å². The quantitative estimate of drug-likeness (QED) is 0.526. The van der Waals surface area contributed by atoms with Crippen molar-refractivity contribution in [2.45, 2.75) is 38.2 Å². The van der Waals surface area contributed by atoms with E-state index >= 15 is 0 Å². The van der Waals surface area contributed by atoms with Gasteiger partial charge in [-0.05, 0) is 69.1 Å². The first-order valence-corrected chi connectivity index (χ1v) is 10.8. The van der Waals surface area contributed by atoms with Crippen LogP contribution >= 0.6 is 0 Å². The summed E-state index contributed by atoms with van der Waals surface area (Å²) in [5.74, 6) is 1.37. The van der Waals surface area contributed by atoms with Crippen LogP contribution in [0.2, 0.25) is 0 Å². The number of likely N-dealkylation sites (tertiary alicyclic amines) is 1. The third-order valence-corrected chi connectivity index (χ3v) is 5.98. The number of piperidine rings is 1. The second-order valence-corrected chi connectivity index (χ2v) is 8.11. The molecule has 0 radical (unpaired) electrons. The fraction of sp³-hybridized carbons (Fsp3) is 0.458. The molecule has 31 heavy (non-hydrogen) atoms. The van der Waals surface area contributed by atoms with Crippen LogP contribution in [0.15, 0.2) is 40.9 Å². The molecule has 166 valence electrons. The van der Waals surface area contributed by atoms with Crippen molar-refractivity contribution in [2.24, 2.45) is 0 Å². The lowest BCUT2D eigenvalue weighted by atomic mass is 9.91. The van der Waals surface area contributed by atoms with E-state index in [0.717, 1.165) is 55.5 Å². The van der Waals surface area contributed by atoms with E-state index in [9.17, 15) is 9.50 Å². The fourth-order valence-corrected chi connectivity index (χ4v) is 4.19. The number of aromatic nitrogens is 1. The smallest absolute Gasteiger partial charge is 0.170 e. The van der Waals surface area contributed by atoms with Crippen molar-refractivity contribution in [3.05, 3.63) is 53.5 Å². The van der Waals surface area contributed by atoms with Crippen LogP contribution in [0.25, 0.3) is 11.0 Å². The molecule has 0 spiro atoms. The molecule has 2 aromatic carbocycles. The number of benzene rings is 2. The Hall–Kier alpha value is -2.64. The SMILES string of the molecule is COc1cc(C(C)O)ccc1OCCCN1CCC(c2noc3cc(F)ccc23)CC1. The summed E-state index contributed by atoms with van der Waals surface area (Å²) in [5, 5.41) is 14.8. The van der Waals surface area contributed by atoms with Gasteiger partial charge in [-0.15, -0.1) is 0 Å². The van der Waals surface area contributed by atoms with Gasteiger partial charge in [-0.1, -0.05) is 11.2 Å². The number of aliphatic hydroxyl groups is 1. The van der Waals surface area contributed by atoms with Gasteiger partial charge in [0.1, 0.15) is 5.82 Å². The van der Waals surface area contributed by atoms with Crippen LogP contribution in [-0.4, -0.2) is 48.5 Å². The summed E-state index contributed by atoms with van der Waals surface area (Å²) in [6.45, 7) is 5.28. The van der Waals surface area contributed by atoms with E-state index < -0.39 is 6.10 Å². The van der Waals surface area contributed by atoms with Gasteiger partial charge < -0.3 is 24.0 Å².